The molecular weight excluding hydrogens is 318 g/mol. The van der Waals surface area contributed by atoms with Crippen LogP contribution in [-0.2, 0) is 11.2 Å². The molecule has 136 valence electrons. The molecule has 2 heteroatoms. The molecule has 0 spiro atoms. The minimum Gasteiger partial charge on any atom is -0.340 e. The third-order valence-corrected chi connectivity index (χ3v) is 6.54. The van der Waals surface area contributed by atoms with Crippen molar-refractivity contribution in [3.05, 3.63) is 71.3 Å². The molecule has 1 aliphatic rings. The van der Waals surface area contributed by atoms with Gasteiger partial charge in [0.15, 0.2) is 0 Å². The van der Waals surface area contributed by atoms with Gasteiger partial charge in [-0.15, -0.1) is 0 Å². The lowest BCUT2D eigenvalue weighted by Gasteiger charge is -2.49. The van der Waals surface area contributed by atoms with Gasteiger partial charge < -0.3 is 4.90 Å². The van der Waals surface area contributed by atoms with Gasteiger partial charge in [0.2, 0.25) is 5.91 Å². The molecule has 0 fully saturated rings. The maximum Gasteiger partial charge on any atom is 0.219 e. The molecule has 3 rings (SSSR count). The Bertz CT molecular complexity index is 859. The summed E-state index contributed by atoms with van der Waals surface area (Å²) in [6.45, 7) is 10.5. The Morgan fingerprint density at radius 2 is 1.50 bits per heavy atom. The fraction of sp³-hybridized carbons (Fsp3) is 0.375. The fourth-order valence-corrected chi connectivity index (χ4v) is 4.08. The summed E-state index contributed by atoms with van der Waals surface area (Å²) < 4.78 is 0. The molecule has 1 amide bonds. The largest absolute Gasteiger partial charge is 0.340 e. The Hall–Kier alpha value is -2.35. The molecule has 0 saturated heterocycles. The van der Waals surface area contributed by atoms with Crippen LogP contribution >= 0.6 is 0 Å². The van der Waals surface area contributed by atoms with Crippen molar-refractivity contribution in [1.29, 1.82) is 0 Å². The van der Waals surface area contributed by atoms with E-state index in [1.807, 2.05) is 11.9 Å². The summed E-state index contributed by atoms with van der Waals surface area (Å²) in [4.78, 5) is 14.0. The van der Waals surface area contributed by atoms with Crippen molar-refractivity contribution >= 4 is 17.1 Å². The van der Waals surface area contributed by atoms with E-state index >= 15 is 0 Å². The molecule has 0 saturated carbocycles. The molecule has 0 aliphatic heterocycles. The molecule has 2 aromatic carbocycles. The van der Waals surface area contributed by atoms with E-state index in [-0.39, 0.29) is 16.9 Å². The SMILES string of the molecule is CC(=O)N(C)C(C)(C)C(C)(C)C1=C(c2ccccc2)Cc2ccccc21. The number of amides is 1. The summed E-state index contributed by atoms with van der Waals surface area (Å²) in [5.41, 5.74) is 6.15. The van der Waals surface area contributed by atoms with Gasteiger partial charge in [-0.05, 0) is 48.1 Å². The van der Waals surface area contributed by atoms with Crippen molar-refractivity contribution in [1.82, 2.24) is 4.90 Å². The molecule has 0 unspecified atom stereocenters. The van der Waals surface area contributed by atoms with Gasteiger partial charge in [-0.1, -0.05) is 68.4 Å². The fourth-order valence-electron chi connectivity index (χ4n) is 4.08. The lowest BCUT2D eigenvalue weighted by atomic mass is 9.66. The minimum absolute atomic E-state index is 0.0937. The van der Waals surface area contributed by atoms with Crippen LogP contribution < -0.4 is 0 Å². The summed E-state index contributed by atoms with van der Waals surface area (Å²) in [7, 11) is 1.91. The molecule has 0 bridgehead atoms. The van der Waals surface area contributed by atoms with Gasteiger partial charge in [0, 0.05) is 24.9 Å². The Morgan fingerprint density at radius 1 is 0.923 bits per heavy atom. The Balaban J connectivity index is 2.24. The van der Waals surface area contributed by atoms with Crippen LogP contribution in [-0.4, -0.2) is 23.4 Å². The quantitative estimate of drug-likeness (QED) is 0.721. The van der Waals surface area contributed by atoms with E-state index in [9.17, 15) is 4.79 Å². The van der Waals surface area contributed by atoms with Gasteiger partial charge in [0.05, 0.1) is 0 Å². The van der Waals surface area contributed by atoms with Gasteiger partial charge in [0.25, 0.3) is 0 Å². The first-order valence-electron chi connectivity index (χ1n) is 9.29. The number of rotatable bonds is 4. The first kappa shape index (κ1) is 18.4. The van der Waals surface area contributed by atoms with Crippen LogP contribution in [0.15, 0.2) is 54.6 Å². The Morgan fingerprint density at radius 3 is 2.12 bits per heavy atom. The van der Waals surface area contributed by atoms with Crippen molar-refractivity contribution in [2.45, 2.75) is 46.6 Å². The molecular formula is C24H29NO. The molecule has 0 N–H and O–H groups in total. The van der Waals surface area contributed by atoms with Crippen molar-refractivity contribution in [3.63, 3.8) is 0 Å². The zero-order valence-corrected chi connectivity index (χ0v) is 16.8. The van der Waals surface area contributed by atoms with Crippen LogP contribution in [0, 0.1) is 5.41 Å². The molecule has 0 atom stereocenters. The summed E-state index contributed by atoms with van der Waals surface area (Å²) in [6, 6.07) is 19.3. The zero-order valence-electron chi connectivity index (χ0n) is 16.8. The highest BCUT2D eigenvalue weighted by Crippen LogP contribution is 2.53. The van der Waals surface area contributed by atoms with Crippen LogP contribution in [0.2, 0.25) is 0 Å². The molecule has 1 aliphatic carbocycles. The number of hydrogen-bond donors (Lipinski definition) is 0. The minimum atomic E-state index is -0.328. The zero-order chi connectivity index (χ0) is 19.1. The summed E-state index contributed by atoms with van der Waals surface area (Å²) in [5, 5.41) is 0. The van der Waals surface area contributed by atoms with E-state index in [1.165, 1.54) is 27.8 Å². The molecule has 26 heavy (non-hydrogen) atoms. The van der Waals surface area contributed by atoms with E-state index in [0.717, 1.165) is 6.42 Å². The third-order valence-electron chi connectivity index (χ3n) is 6.54. The number of fused-ring (bicyclic) bond motifs is 1. The van der Waals surface area contributed by atoms with Crippen LogP contribution in [0.1, 0.15) is 51.3 Å². The summed E-state index contributed by atoms with van der Waals surface area (Å²) >= 11 is 0. The monoisotopic (exact) mass is 347 g/mol. The highest BCUT2D eigenvalue weighted by molar-refractivity contribution is 5.99. The molecule has 0 aromatic heterocycles. The number of carbonyl (C=O) groups excluding carboxylic acids is 1. The van der Waals surface area contributed by atoms with E-state index in [2.05, 4.69) is 82.3 Å². The number of hydrogen-bond acceptors (Lipinski definition) is 1. The number of nitrogens with zero attached hydrogens (tertiary/aromatic N) is 1. The van der Waals surface area contributed by atoms with Gasteiger partial charge in [-0.25, -0.2) is 0 Å². The summed E-state index contributed by atoms with van der Waals surface area (Å²) in [6.07, 6.45) is 0.943. The predicted molar refractivity (Wildman–Crippen MR) is 110 cm³/mol. The van der Waals surface area contributed by atoms with Crippen molar-refractivity contribution in [2.75, 3.05) is 7.05 Å². The molecule has 0 radical (unpaired) electrons. The van der Waals surface area contributed by atoms with Gasteiger partial charge >= 0.3 is 0 Å². The maximum atomic E-state index is 12.2. The smallest absolute Gasteiger partial charge is 0.219 e. The predicted octanol–water partition coefficient (Wildman–Crippen LogP) is 5.44. The summed E-state index contributed by atoms with van der Waals surface area (Å²) in [5.74, 6) is 0.0937. The molecule has 2 nitrogen and oxygen atoms in total. The highest BCUT2D eigenvalue weighted by atomic mass is 16.2. The number of carbonyl (C=O) groups is 1. The van der Waals surface area contributed by atoms with Crippen molar-refractivity contribution in [2.24, 2.45) is 5.41 Å². The Labute approximate surface area is 157 Å². The Kier molecular flexibility index (Phi) is 4.56. The van der Waals surface area contributed by atoms with Crippen LogP contribution in [0.25, 0.3) is 11.1 Å². The topological polar surface area (TPSA) is 20.3 Å². The van der Waals surface area contributed by atoms with E-state index < -0.39 is 0 Å². The van der Waals surface area contributed by atoms with Crippen LogP contribution in [0.4, 0.5) is 0 Å². The second-order valence-corrected chi connectivity index (χ2v) is 8.32. The molecule has 2 aromatic rings. The number of benzene rings is 2. The van der Waals surface area contributed by atoms with Crippen LogP contribution in [0.3, 0.4) is 0 Å². The average molecular weight is 348 g/mol. The average Bonchev–Trinajstić information content (AvgIpc) is 3.01. The third kappa shape index (κ3) is 2.78. The van der Waals surface area contributed by atoms with E-state index in [0.29, 0.717) is 0 Å². The van der Waals surface area contributed by atoms with Crippen molar-refractivity contribution in [3.8, 4) is 0 Å². The van der Waals surface area contributed by atoms with E-state index in [1.54, 1.807) is 6.92 Å². The lowest BCUT2D eigenvalue weighted by Crippen LogP contribution is -2.54. The van der Waals surface area contributed by atoms with Crippen LogP contribution in [0.5, 0.6) is 0 Å². The maximum absolute atomic E-state index is 12.2. The standard InChI is InChI=1S/C24H29NO/c1-17(26)25(6)24(4,5)23(2,3)22-20-15-11-10-14-19(20)16-21(22)18-12-8-7-9-13-18/h7-15H,16H2,1-6H3. The highest BCUT2D eigenvalue weighted by Gasteiger charge is 2.47. The van der Waals surface area contributed by atoms with Gasteiger partial charge in [-0.3, -0.25) is 4.79 Å². The van der Waals surface area contributed by atoms with Crippen molar-refractivity contribution < 1.29 is 4.79 Å². The number of allylic oxidation sites excluding steroid dienone is 1. The van der Waals surface area contributed by atoms with E-state index in [4.69, 9.17) is 0 Å². The second-order valence-electron chi connectivity index (χ2n) is 8.32. The first-order chi connectivity index (χ1) is 12.2. The second kappa shape index (κ2) is 6.42. The lowest BCUT2D eigenvalue weighted by molar-refractivity contribution is -0.134. The normalized spacial score (nSPS) is 14.4. The first-order valence-corrected chi connectivity index (χ1v) is 9.29. The van der Waals surface area contributed by atoms with Gasteiger partial charge in [0.1, 0.15) is 0 Å². The molecule has 0 heterocycles. The van der Waals surface area contributed by atoms with Gasteiger partial charge in [-0.2, -0.15) is 0 Å².